The normalized spacial score (nSPS) is 15.9. The van der Waals surface area contributed by atoms with Crippen LogP contribution in [0.5, 0.6) is 11.6 Å². The second-order valence-electron chi connectivity index (χ2n) is 7.09. The topological polar surface area (TPSA) is 69.5 Å². The van der Waals surface area contributed by atoms with E-state index in [9.17, 15) is 10.1 Å². The van der Waals surface area contributed by atoms with Gasteiger partial charge in [-0.05, 0) is 30.2 Å². The molecule has 1 unspecified atom stereocenters. The lowest BCUT2D eigenvalue weighted by Crippen LogP contribution is -2.52. The molecule has 1 saturated heterocycles. The first kappa shape index (κ1) is 20.3. The van der Waals surface area contributed by atoms with Crippen molar-refractivity contribution >= 4 is 21.8 Å². The molecule has 7 heteroatoms. The number of piperazine rings is 1. The summed E-state index contributed by atoms with van der Waals surface area (Å²) in [7, 11) is 0. The fourth-order valence-corrected chi connectivity index (χ4v) is 3.63. The molecule has 0 spiro atoms. The van der Waals surface area contributed by atoms with Gasteiger partial charge in [-0.3, -0.25) is 9.69 Å². The highest BCUT2D eigenvalue weighted by Crippen LogP contribution is 2.23. The summed E-state index contributed by atoms with van der Waals surface area (Å²) >= 11 is 3.40. The van der Waals surface area contributed by atoms with E-state index in [0.29, 0.717) is 43.4 Å². The van der Waals surface area contributed by atoms with Crippen LogP contribution >= 0.6 is 15.9 Å². The lowest BCUT2D eigenvalue weighted by atomic mass is 10.0. The van der Waals surface area contributed by atoms with E-state index < -0.39 is 0 Å². The van der Waals surface area contributed by atoms with Crippen LogP contribution in [0.3, 0.4) is 0 Å². The predicted octanol–water partition coefficient (Wildman–Crippen LogP) is 3.94. The van der Waals surface area contributed by atoms with E-state index in [2.05, 4.69) is 45.7 Å². The number of hydrogen-bond acceptors (Lipinski definition) is 5. The Morgan fingerprint density at radius 1 is 1.21 bits per heavy atom. The van der Waals surface area contributed by atoms with Crippen LogP contribution in [-0.4, -0.2) is 52.9 Å². The van der Waals surface area contributed by atoms with Crippen molar-refractivity contribution in [1.82, 2.24) is 14.8 Å². The van der Waals surface area contributed by atoms with Crippen molar-refractivity contribution < 1.29 is 9.53 Å². The number of halogens is 1. The molecule has 0 bridgehead atoms. The zero-order chi connectivity index (χ0) is 20.1. The second-order valence-corrected chi connectivity index (χ2v) is 8.01. The number of carbonyl (C=O) groups is 1. The summed E-state index contributed by atoms with van der Waals surface area (Å²) in [5, 5.41) is 9.35. The van der Waals surface area contributed by atoms with Crippen LogP contribution in [0.4, 0.5) is 0 Å². The van der Waals surface area contributed by atoms with E-state index in [1.54, 1.807) is 18.3 Å². The van der Waals surface area contributed by atoms with Gasteiger partial charge in [0.2, 0.25) is 5.88 Å². The molecular formula is C21H23BrN4O2. The summed E-state index contributed by atoms with van der Waals surface area (Å²) in [6, 6.07) is 13.2. The van der Waals surface area contributed by atoms with Crippen LogP contribution in [-0.2, 0) is 0 Å². The summed E-state index contributed by atoms with van der Waals surface area (Å²) in [4.78, 5) is 21.0. The summed E-state index contributed by atoms with van der Waals surface area (Å²) in [5.41, 5.74) is 0.538. The molecule has 0 radical (unpaired) electrons. The SMILES string of the molecule is CC(C)C(C#N)N1CCN(C(=O)c2ccc(Oc3cccc(Br)c3)nc2)CC1. The number of nitriles is 1. The minimum atomic E-state index is -0.103. The van der Waals surface area contributed by atoms with Crippen LogP contribution in [0.2, 0.25) is 0 Å². The average Bonchev–Trinajstić information content (AvgIpc) is 2.69. The Kier molecular flexibility index (Phi) is 6.65. The molecule has 1 atom stereocenters. The van der Waals surface area contributed by atoms with Crippen molar-refractivity contribution in [2.45, 2.75) is 19.9 Å². The molecule has 2 aromatic rings. The van der Waals surface area contributed by atoms with Gasteiger partial charge >= 0.3 is 0 Å². The first-order valence-corrected chi connectivity index (χ1v) is 10.1. The number of carbonyl (C=O) groups excluding carboxylic acids is 1. The molecule has 1 aromatic carbocycles. The number of nitrogens with zero attached hydrogens (tertiary/aromatic N) is 4. The lowest BCUT2D eigenvalue weighted by molar-refractivity contribution is 0.0576. The van der Waals surface area contributed by atoms with Gasteiger partial charge in [0, 0.05) is 42.9 Å². The molecule has 28 heavy (non-hydrogen) atoms. The smallest absolute Gasteiger partial charge is 0.255 e. The van der Waals surface area contributed by atoms with E-state index >= 15 is 0 Å². The lowest BCUT2D eigenvalue weighted by Gasteiger charge is -2.38. The van der Waals surface area contributed by atoms with Gasteiger partial charge in [0.1, 0.15) is 11.8 Å². The number of benzene rings is 1. The van der Waals surface area contributed by atoms with Gasteiger partial charge in [-0.2, -0.15) is 5.26 Å². The van der Waals surface area contributed by atoms with Crippen LogP contribution in [0.25, 0.3) is 0 Å². The maximum Gasteiger partial charge on any atom is 0.255 e. The summed E-state index contributed by atoms with van der Waals surface area (Å²) < 4.78 is 6.63. The molecule has 0 aliphatic carbocycles. The highest BCUT2D eigenvalue weighted by Gasteiger charge is 2.28. The third-order valence-electron chi connectivity index (χ3n) is 4.76. The monoisotopic (exact) mass is 442 g/mol. The third-order valence-corrected chi connectivity index (χ3v) is 5.25. The Labute approximate surface area is 173 Å². The van der Waals surface area contributed by atoms with Crippen molar-refractivity contribution in [3.63, 3.8) is 0 Å². The zero-order valence-corrected chi connectivity index (χ0v) is 17.6. The van der Waals surface area contributed by atoms with Crippen LogP contribution < -0.4 is 4.74 Å². The maximum atomic E-state index is 12.7. The van der Waals surface area contributed by atoms with Gasteiger partial charge in [-0.15, -0.1) is 0 Å². The van der Waals surface area contributed by atoms with E-state index in [1.165, 1.54) is 0 Å². The van der Waals surface area contributed by atoms with E-state index in [4.69, 9.17) is 4.74 Å². The maximum absolute atomic E-state index is 12.7. The molecule has 146 valence electrons. The summed E-state index contributed by atoms with van der Waals surface area (Å²) in [5.74, 6) is 1.34. The Bertz CT molecular complexity index is 855. The van der Waals surface area contributed by atoms with E-state index in [0.717, 1.165) is 4.47 Å². The van der Waals surface area contributed by atoms with Crippen molar-refractivity contribution in [2.24, 2.45) is 5.92 Å². The molecule has 3 rings (SSSR count). The van der Waals surface area contributed by atoms with Gasteiger partial charge < -0.3 is 9.64 Å². The molecule has 2 heterocycles. The second kappa shape index (κ2) is 9.18. The molecule has 1 aliphatic rings. The zero-order valence-electron chi connectivity index (χ0n) is 16.0. The van der Waals surface area contributed by atoms with Gasteiger partial charge in [-0.1, -0.05) is 35.8 Å². The van der Waals surface area contributed by atoms with E-state index in [1.807, 2.05) is 29.2 Å². The van der Waals surface area contributed by atoms with Crippen molar-refractivity contribution in [3.8, 4) is 17.7 Å². The number of hydrogen-bond donors (Lipinski definition) is 0. The number of amides is 1. The van der Waals surface area contributed by atoms with Gasteiger partial charge in [-0.25, -0.2) is 4.98 Å². The first-order valence-electron chi connectivity index (χ1n) is 9.30. The Morgan fingerprint density at radius 3 is 2.54 bits per heavy atom. The molecule has 6 nitrogen and oxygen atoms in total. The van der Waals surface area contributed by atoms with Crippen molar-refractivity contribution in [2.75, 3.05) is 26.2 Å². The largest absolute Gasteiger partial charge is 0.439 e. The number of aromatic nitrogens is 1. The predicted molar refractivity (Wildman–Crippen MR) is 110 cm³/mol. The standard InChI is InChI=1S/C21H23BrN4O2/c1-15(2)19(13-23)25-8-10-26(11-9-25)21(27)16-6-7-20(24-14-16)28-18-5-3-4-17(22)12-18/h3-7,12,14-15,19H,8-11H2,1-2H3. The number of ether oxygens (including phenoxy) is 1. The highest BCUT2D eigenvalue weighted by molar-refractivity contribution is 9.10. The number of pyridine rings is 1. The highest BCUT2D eigenvalue weighted by atomic mass is 79.9. The Balaban J connectivity index is 1.59. The first-order chi connectivity index (χ1) is 13.5. The Morgan fingerprint density at radius 2 is 1.96 bits per heavy atom. The molecule has 1 aliphatic heterocycles. The van der Waals surface area contributed by atoms with Crippen molar-refractivity contribution in [1.29, 1.82) is 5.26 Å². The minimum Gasteiger partial charge on any atom is -0.439 e. The third kappa shape index (κ3) is 4.89. The molecule has 1 fully saturated rings. The van der Waals surface area contributed by atoms with Crippen molar-refractivity contribution in [3.05, 3.63) is 52.6 Å². The Hall–Kier alpha value is -2.43. The van der Waals surface area contributed by atoms with Gasteiger partial charge in [0.05, 0.1) is 11.6 Å². The fraction of sp³-hybridized carbons (Fsp3) is 0.381. The summed E-state index contributed by atoms with van der Waals surface area (Å²) in [6.45, 7) is 6.74. The molecule has 1 amide bonds. The molecule has 1 aromatic heterocycles. The molecule has 0 N–H and O–H groups in total. The number of rotatable bonds is 5. The van der Waals surface area contributed by atoms with Crippen LogP contribution in [0, 0.1) is 17.2 Å². The van der Waals surface area contributed by atoms with Gasteiger partial charge in [0.15, 0.2) is 0 Å². The van der Waals surface area contributed by atoms with Gasteiger partial charge in [0.25, 0.3) is 5.91 Å². The average molecular weight is 443 g/mol. The minimum absolute atomic E-state index is 0.0424. The van der Waals surface area contributed by atoms with Crippen LogP contribution in [0.1, 0.15) is 24.2 Å². The quantitative estimate of drug-likeness (QED) is 0.700. The molecule has 0 saturated carbocycles. The fourth-order valence-electron chi connectivity index (χ4n) is 3.26. The van der Waals surface area contributed by atoms with E-state index in [-0.39, 0.29) is 17.9 Å². The van der Waals surface area contributed by atoms with Crippen LogP contribution in [0.15, 0.2) is 47.1 Å². The summed E-state index contributed by atoms with van der Waals surface area (Å²) in [6.07, 6.45) is 1.55. The molecular weight excluding hydrogens is 420 g/mol.